The molecule has 0 bridgehead atoms. The third-order valence-corrected chi connectivity index (χ3v) is 2.76. The van der Waals surface area contributed by atoms with E-state index < -0.39 is 17.6 Å². The SMILES string of the molecule is CCCNC(CC)c1cccc(C(F)(F)F)c1F. The van der Waals surface area contributed by atoms with Crippen molar-refractivity contribution < 1.29 is 17.6 Å². The standard InChI is InChI=1S/C13H17F4N/c1-3-8-18-11(4-2)9-6-5-7-10(12(9)14)13(15,16)17/h5-7,11,18H,3-4,8H2,1-2H3. The van der Waals surface area contributed by atoms with Crippen LogP contribution in [0, 0.1) is 5.82 Å². The molecular formula is C13H17F4N. The van der Waals surface area contributed by atoms with E-state index in [4.69, 9.17) is 0 Å². The van der Waals surface area contributed by atoms with Gasteiger partial charge in [0.05, 0.1) is 5.56 Å². The Bertz CT molecular complexity index is 387. The van der Waals surface area contributed by atoms with Crippen LogP contribution in [-0.4, -0.2) is 6.54 Å². The molecule has 18 heavy (non-hydrogen) atoms. The molecule has 0 radical (unpaired) electrons. The van der Waals surface area contributed by atoms with Crippen molar-refractivity contribution in [1.82, 2.24) is 5.32 Å². The number of alkyl halides is 3. The first-order valence-corrected chi connectivity index (χ1v) is 6.00. The molecular weight excluding hydrogens is 246 g/mol. The second-order valence-electron chi connectivity index (χ2n) is 4.12. The largest absolute Gasteiger partial charge is 0.419 e. The molecule has 1 aromatic carbocycles. The average molecular weight is 263 g/mol. The number of halogens is 4. The maximum atomic E-state index is 13.9. The lowest BCUT2D eigenvalue weighted by molar-refractivity contribution is -0.140. The fourth-order valence-corrected chi connectivity index (χ4v) is 1.83. The summed E-state index contributed by atoms with van der Waals surface area (Å²) in [6, 6.07) is 3.04. The van der Waals surface area contributed by atoms with Crippen LogP contribution in [0.3, 0.4) is 0 Å². The zero-order valence-corrected chi connectivity index (χ0v) is 10.4. The van der Waals surface area contributed by atoms with Gasteiger partial charge in [0.25, 0.3) is 0 Å². The highest BCUT2D eigenvalue weighted by Crippen LogP contribution is 2.34. The molecule has 0 heterocycles. The Hall–Kier alpha value is -1.10. The van der Waals surface area contributed by atoms with E-state index >= 15 is 0 Å². The van der Waals surface area contributed by atoms with Crippen LogP contribution in [-0.2, 0) is 6.18 Å². The molecule has 0 aliphatic heterocycles. The van der Waals surface area contributed by atoms with Crippen LogP contribution in [0.1, 0.15) is 43.9 Å². The highest BCUT2D eigenvalue weighted by Gasteiger charge is 2.35. The quantitative estimate of drug-likeness (QED) is 0.781. The molecule has 0 aliphatic carbocycles. The van der Waals surface area contributed by atoms with Gasteiger partial charge in [-0.15, -0.1) is 0 Å². The highest BCUT2D eigenvalue weighted by molar-refractivity contribution is 5.30. The monoisotopic (exact) mass is 263 g/mol. The van der Waals surface area contributed by atoms with E-state index in [2.05, 4.69) is 5.32 Å². The molecule has 102 valence electrons. The van der Waals surface area contributed by atoms with Gasteiger partial charge < -0.3 is 5.32 Å². The summed E-state index contributed by atoms with van der Waals surface area (Å²) in [5.74, 6) is -1.17. The van der Waals surface area contributed by atoms with Crippen LogP contribution in [0.5, 0.6) is 0 Å². The number of benzene rings is 1. The summed E-state index contributed by atoms with van der Waals surface area (Å²) >= 11 is 0. The van der Waals surface area contributed by atoms with Gasteiger partial charge in [-0.05, 0) is 25.5 Å². The first-order valence-electron chi connectivity index (χ1n) is 6.00. The molecule has 1 nitrogen and oxygen atoms in total. The van der Waals surface area contributed by atoms with Gasteiger partial charge in [-0.3, -0.25) is 0 Å². The molecule has 1 unspecified atom stereocenters. The van der Waals surface area contributed by atoms with Crippen molar-refractivity contribution >= 4 is 0 Å². The minimum Gasteiger partial charge on any atom is -0.310 e. The van der Waals surface area contributed by atoms with Gasteiger partial charge in [0.1, 0.15) is 5.82 Å². The average Bonchev–Trinajstić information content (AvgIpc) is 2.30. The third kappa shape index (κ3) is 3.45. The zero-order chi connectivity index (χ0) is 13.8. The first-order chi connectivity index (χ1) is 8.41. The van der Waals surface area contributed by atoms with E-state index in [9.17, 15) is 17.6 Å². The van der Waals surface area contributed by atoms with Gasteiger partial charge in [-0.2, -0.15) is 13.2 Å². The Kier molecular flexibility index (Phi) is 5.14. The summed E-state index contributed by atoms with van der Waals surface area (Å²) in [6.45, 7) is 4.41. The fourth-order valence-electron chi connectivity index (χ4n) is 1.83. The van der Waals surface area contributed by atoms with E-state index in [1.165, 1.54) is 12.1 Å². The topological polar surface area (TPSA) is 12.0 Å². The predicted octanol–water partition coefficient (Wildman–Crippen LogP) is 4.30. The van der Waals surface area contributed by atoms with Gasteiger partial charge >= 0.3 is 6.18 Å². The Morgan fingerprint density at radius 3 is 2.39 bits per heavy atom. The summed E-state index contributed by atoms with van der Waals surface area (Å²) < 4.78 is 51.6. The van der Waals surface area contributed by atoms with Crippen LogP contribution in [0.4, 0.5) is 17.6 Å². The molecule has 1 rings (SSSR count). The second-order valence-corrected chi connectivity index (χ2v) is 4.12. The molecule has 5 heteroatoms. The molecule has 1 aromatic rings. The molecule has 1 N–H and O–H groups in total. The van der Waals surface area contributed by atoms with Crippen molar-refractivity contribution in [1.29, 1.82) is 0 Å². The molecule has 0 fully saturated rings. The molecule has 0 aromatic heterocycles. The van der Waals surface area contributed by atoms with Crippen molar-refractivity contribution in [2.45, 2.75) is 38.9 Å². The Balaban J connectivity index is 3.08. The van der Waals surface area contributed by atoms with Crippen molar-refractivity contribution in [3.63, 3.8) is 0 Å². The molecule has 0 amide bonds. The van der Waals surface area contributed by atoms with Crippen LogP contribution in [0.2, 0.25) is 0 Å². The number of hydrogen-bond acceptors (Lipinski definition) is 1. The van der Waals surface area contributed by atoms with Gasteiger partial charge in [0.2, 0.25) is 0 Å². The molecule has 0 saturated carbocycles. The van der Waals surface area contributed by atoms with E-state index in [1.54, 1.807) is 0 Å². The van der Waals surface area contributed by atoms with Gasteiger partial charge in [-0.25, -0.2) is 4.39 Å². The van der Waals surface area contributed by atoms with Crippen LogP contribution in [0.15, 0.2) is 18.2 Å². The second kappa shape index (κ2) is 6.18. The molecule has 0 saturated heterocycles. The summed E-state index contributed by atoms with van der Waals surface area (Å²) in [6.07, 6.45) is -3.27. The fraction of sp³-hybridized carbons (Fsp3) is 0.538. The van der Waals surface area contributed by atoms with Crippen molar-refractivity contribution in [2.24, 2.45) is 0 Å². The van der Waals surface area contributed by atoms with Crippen LogP contribution < -0.4 is 5.32 Å². The first kappa shape index (κ1) is 15.0. The van der Waals surface area contributed by atoms with E-state index in [1.807, 2.05) is 13.8 Å². The smallest absolute Gasteiger partial charge is 0.310 e. The van der Waals surface area contributed by atoms with Gasteiger partial charge in [0.15, 0.2) is 0 Å². The number of rotatable bonds is 5. The predicted molar refractivity (Wildman–Crippen MR) is 62.7 cm³/mol. The lowest BCUT2D eigenvalue weighted by atomic mass is 10.0. The van der Waals surface area contributed by atoms with Gasteiger partial charge in [-0.1, -0.05) is 26.0 Å². The van der Waals surface area contributed by atoms with Crippen LogP contribution >= 0.6 is 0 Å². The minimum atomic E-state index is -4.65. The lowest BCUT2D eigenvalue weighted by Crippen LogP contribution is -2.23. The molecule has 1 atom stereocenters. The van der Waals surface area contributed by atoms with Crippen molar-refractivity contribution in [2.75, 3.05) is 6.54 Å². The zero-order valence-electron chi connectivity index (χ0n) is 10.4. The van der Waals surface area contributed by atoms with E-state index in [-0.39, 0.29) is 11.6 Å². The third-order valence-electron chi connectivity index (χ3n) is 2.76. The summed E-state index contributed by atoms with van der Waals surface area (Å²) in [5, 5.41) is 3.05. The summed E-state index contributed by atoms with van der Waals surface area (Å²) in [4.78, 5) is 0. The summed E-state index contributed by atoms with van der Waals surface area (Å²) in [7, 11) is 0. The maximum absolute atomic E-state index is 13.9. The van der Waals surface area contributed by atoms with Gasteiger partial charge in [0, 0.05) is 11.6 Å². The number of hydrogen-bond donors (Lipinski definition) is 1. The Morgan fingerprint density at radius 2 is 1.89 bits per heavy atom. The maximum Gasteiger partial charge on any atom is 0.419 e. The molecule has 0 aliphatic rings. The van der Waals surface area contributed by atoms with Crippen LogP contribution in [0.25, 0.3) is 0 Å². The van der Waals surface area contributed by atoms with Crippen molar-refractivity contribution in [3.8, 4) is 0 Å². The Morgan fingerprint density at radius 1 is 1.22 bits per heavy atom. The minimum absolute atomic E-state index is 0.0841. The Labute approximate surface area is 104 Å². The lowest BCUT2D eigenvalue weighted by Gasteiger charge is -2.19. The number of nitrogens with one attached hydrogen (secondary N) is 1. The van der Waals surface area contributed by atoms with Crippen molar-refractivity contribution in [3.05, 3.63) is 35.1 Å². The highest BCUT2D eigenvalue weighted by atomic mass is 19.4. The van der Waals surface area contributed by atoms with E-state index in [0.29, 0.717) is 13.0 Å². The normalized spacial score (nSPS) is 13.7. The van der Waals surface area contributed by atoms with E-state index in [0.717, 1.165) is 12.5 Å². The molecule has 0 spiro atoms. The summed E-state index contributed by atoms with van der Waals surface area (Å²) in [5.41, 5.74) is -1.11.